The lowest BCUT2D eigenvalue weighted by Crippen LogP contribution is -2.49. The SMILES string of the molecule is C=C(Br)CN1CCNCC1C. The quantitative estimate of drug-likeness (QED) is 0.750. The molecule has 0 bridgehead atoms. The van der Waals surface area contributed by atoms with E-state index in [1.807, 2.05) is 0 Å². The van der Waals surface area contributed by atoms with Gasteiger partial charge in [0.25, 0.3) is 0 Å². The van der Waals surface area contributed by atoms with E-state index in [1.54, 1.807) is 0 Å². The molecule has 0 aliphatic carbocycles. The van der Waals surface area contributed by atoms with Crippen molar-refractivity contribution in [3.8, 4) is 0 Å². The number of piperazine rings is 1. The standard InChI is InChI=1S/C8H15BrN2/c1-7(9)6-11-4-3-10-5-8(11)2/h8,10H,1,3-6H2,2H3. The van der Waals surface area contributed by atoms with Crippen molar-refractivity contribution >= 4 is 15.9 Å². The van der Waals surface area contributed by atoms with Crippen LogP contribution in [0.3, 0.4) is 0 Å². The van der Waals surface area contributed by atoms with Crippen LogP contribution in [0.15, 0.2) is 11.1 Å². The lowest BCUT2D eigenvalue weighted by Gasteiger charge is -2.33. The number of nitrogens with zero attached hydrogens (tertiary/aromatic N) is 1. The van der Waals surface area contributed by atoms with Gasteiger partial charge in [-0.15, -0.1) is 0 Å². The molecule has 0 radical (unpaired) electrons. The Morgan fingerprint density at radius 3 is 3.09 bits per heavy atom. The predicted molar refractivity (Wildman–Crippen MR) is 52.0 cm³/mol. The van der Waals surface area contributed by atoms with Crippen LogP contribution in [0.25, 0.3) is 0 Å². The molecule has 0 amide bonds. The van der Waals surface area contributed by atoms with Crippen LogP contribution in [0.4, 0.5) is 0 Å². The third-order valence-electron chi connectivity index (χ3n) is 2.01. The van der Waals surface area contributed by atoms with Gasteiger partial charge in [0.15, 0.2) is 0 Å². The molecule has 0 saturated carbocycles. The highest BCUT2D eigenvalue weighted by atomic mass is 79.9. The van der Waals surface area contributed by atoms with Gasteiger partial charge >= 0.3 is 0 Å². The number of halogens is 1. The molecule has 11 heavy (non-hydrogen) atoms. The average molecular weight is 219 g/mol. The van der Waals surface area contributed by atoms with Gasteiger partial charge in [0, 0.05) is 36.7 Å². The van der Waals surface area contributed by atoms with Crippen LogP contribution in [0.1, 0.15) is 6.92 Å². The predicted octanol–water partition coefficient (Wildman–Crippen LogP) is 1.19. The minimum Gasteiger partial charge on any atom is -0.314 e. The van der Waals surface area contributed by atoms with E-state index in [4.69, 9.17) is 0 Å². The third-order valence-corrected chi connectivity index (χ3v) is 2.26. The maximum absolute atomic E-state index is 3.84. The van der Waals surface area contributed by atoms with Crippen LogP contribution in [0, 0.1) is 0 Å². The average Bonchev–Trinajstić information content (AvgIpc) is 1.93. The summed E-state index contributed by atoms with van der Waals surface area (Å²) < 4.78 is 1.08. The highest BCUT2D eigenvalue weighted by molar-refractivity contribution is 9.11. The lowest BCUT2D eigenvalue weighted by molar-refractivity contribution is 0.192. The van der Waals surface area contributed by atoms with Crippen molar-refractivity contribution < 1.29 is 0 Å². The lowest BCUT2D eigenvalue weighted by atomic mass is 10.2. The van der Waals surface area contributed by atoms with Crippen molar-refractivity contribution in [1.82, 2.24) is 10.2 Å². The second-order valence-corrected chi connectivity index (χ2v) is 4.16. The summed E-state index contributed by atoms with van der Waals surface area (Å²) in [7, 11) is 0. The molecular formula is C8H15BrN2. The summed E-state index contributed by atoms with van der Waals surface area (Å²) in [5.41, 5.74) is 0. The van der Waals surface area contributed by atoms with E-state index < -0.39 is 0 Å². The minimum atomic E-state index is 0.637. The normalized spacial score (nSPS) is 26.9. The molecular weight excluding hydrogens is 204 g/mol. The molecule has 0 aromatic carbocycles. The van der Waals surface area contributed by atoms with E-state index in [0.717, 1.165) is 30.7 Å². The van der Waals surface area contributed by atoms with Crippen LogP contribution >= 0.6 is 15.9 Å². The molecule has 2 nitrogen and oxygen atoms in total. The van der Waals surface area contributed by atoms with Gasteiger partial charge in [-0.1, -0.05) is 22.5 Å². The number of hydrogen-bond acceptors (Lipinski definition) is 2. The molecule has 1 rings (SSSR count). The Morgan fingerprint density at radius 2 is 2.55 bits per heavy atom. The molecule has 1 aliphatic heterocycles. The number of rotatable bonds is 2. The van der Waals surface area contributed by atoms with Crippen molar-refractivity contribution in [2.75, 3.05) is 26.2 Å². The van der Waals surface area contributed by atoms with Crippen molar-refractivity contribution in [3.05, 3.63) is 11.1 Å². The first-order valence-corrected chi connectivity index (χ1v) is 4.77. The number of hydrogen-bond donors (Lipinski definition) is 1. The highest BCUT2D eigenvalue weighted by Crippen LogP contribution is 2.08. The molecule has 1 aliphatic rings. The molecule has 1 heterocycles. The third kappa shape index (κ3) is 2.93. The van der Waals surface area contributed by atoms with Crippen molar-refractivity contribution in [2.24, 2.45) is 0 Å². The molecule has 1 fully saturated rings. The molecule has 3 heteroatoms. The molecule has 1 N–H and O–H groups in total. The summed E-state index contributed by atoms with van der Waals surface area (Å²) in [6.45, 7) is 10.4. The summed E-state index contributed by atoms with van der Waals surface area (Å²) in [6.07, 6.45) is 0. The van der Waals surface area contributed by atoms with Crippen LogP contribution in [0.5, 0.6) is 0 Å². The van der Waals surface area contributed by atoms with Crippen LogP contribution in [-0.4, -0.2) is 37.1 Å². The fraction of sp³-hybridized carbons (Fsp3) is 0.750. The molecule has 1 saturated heterocycles. The zero-order valence-corrected chi connectivity index (χ0v) is 8.52. The van der Waals surface area contributed by atoms with Gasteiger partial charge in [-0.05, 0) is 6.92 Å². The summed E-state index contributed by atoms with van der Waals surface area (Å²) in [5, 5.41) is 3.35. The molecule has 0 aromatic rings. The maximum atomic E-state index is 3.84. The number of nitrogens with one attached hydrogen (secondary N) is 1. The highest BCUT2D eigenvalue weighted by Gasteiger charge is 2.16. The Hall–Kier alpha value is 0.140. The molecule has 1 atom stereocenters. The van der Waals surface area contributed by atoms with Crippen molar-refractivity contribution in [3.63, 3.8) is 0 Å². The summed E-state index contributed by atoms with van der Waals surface area (Å²) >= 11 is 3.38. The molecule has 64 valence electrons. The van der Waals surface area contributed by atoms with Gasteiger partial charge in [0.05, 0.1) is 0 Å². The molecule has 1 unspecified atom stereocenters. The second kappa shape index (κ2) is 4.24. The van der Waals surface area contributed by atoms with Crippen LogP contribution < -0.4 is 5.32 Å². The van der Waals surface area contributed by atoms with E-state index in [1.165, 1.54) is 0 Å². The van der Waals surface area contributed by atoms with E-state index in [-0.39, 0.29) is 0 Å². The monoisotopic (exact) mass is 218 g/mol. The Labute approximate surface area is 76.8 Å². The fourth-order valence-corrected chi connectivity index (χ4v) is 1.66. The summed E-state index contributed by atoms with van der Waals surface area (Å²) in [4.78, 5) is 2.42. The zero-order chi connectivity index (χ0) is 8.27. The summed E-state index contributed by atoms with van der Waals surface area (Å²) in [5.74, 6) is 0. The Bertz CT molecular complexity index is 147. The van der Waals surface area contributed by atoms with Gasteiger partial charge in [-0.25, -0.2) is 0 Å². The molecule has 0 spiro atoms. The van der Waals surface area contributed by atoms with E-state index >= 15 is 0 Å². The van der Waals surface area contributed by atoms with Gasteiger partial charge in [-0.3, -0.25) is 4.90 Å². The van der Waals surface area contributed by atoms with E-state index in [9.17, 15) is 0 Å². The zero-order valence-electron chi connectivity index (χ0n) is 6.94. The fourth-order valence-electron chi connectivity index (χ4n) is 1.34. The van der Waals surface area contributed by atoms with Gasteiger partial charge < -0.3 is 5.32 Å². The van der Waals surface area contributed by atoms with Gasteiger partial charge in [-0.2, -0.15) is 0 Å². The van der Waals surface area contributed by atoms with Gasteiger partial charge in [0.1, 0.15) is 0 Å². The smallest absolute Gasteiger partial charge is 0.0297 e. The first-order chi connectivity index (χ1) is 5.20. The van der Waals surface area contributed by atoms with E-state index in [2.05, 4.69) is 39.6 Å². The van der Waals surface area contributed by atoms with Crippen LogP contribution in [0.2, 0.25) is 0 Å². The van der Waals surface area contributed by atoms with Crippen LogP contribution in [-0.2, 0) is 0 Å². The maximum Gasteiger partial charge on any atom is 0.0297 e. The Kier molecular flexibility index (Phi) is 3.55. The topological polar surface area (TPSA) is 15.3 Å². The Morgan fingerprint density at radius 1 is 1.82 bits per heavy atom. The second-order valence-electron chi connectivity index (χ2n) is 3.04. The largest absolute Gasteiger partial charge is 0.314 e. The van der Waals surface area contributed by atoms with Crippen molar-refractivity contribution in [2.45, 2.75) is 13.0 Å². The first kappa shape index (κ1) is 9.23. The van der Waals surface area contributed by atoms with E-state index in [0.29, 0.717) is 6.04 Å². The minimum absolute atomic E-state index is 0.637. The first-order valence-electron chi connectivity index (χ1n) is 3.98. The van der Waals surface area contributed by atoms with Gasteiger partial charge in [0.2, 0.25) is 0 Å². The summed E-state index contributed by atoms with van der Waals surface area (Å²) in [6, 6.07) is 0.637. The molecule has 0 aromatic heterocycles. The Balaban J connectivity index is 2.35. The van der Waals surface area contributed by atoms with Crippen molar-refractivity contribution in [1.29, 1.82) is 0 Å².